The fourth-order valence-corrected chi connectivity index (χ4v) is 8.01. The molecule has 0 amide bonds. The minimum atomic E-state index is -3.55. The first kappa shape index (κ1) is 29.0. The van der Waals surface area contributed by atoms with Gasteiger partial charge in [-0.15, -0.1) is 0 Å². The lowest BCUT2D eigenvalue weighted by molar-refractivity contribution is 0.591. The Bertz CT molecular complexity index is 1870. The Morgan fingerprint density at radius 3 is 0.978 bits per heavy atom. The van der Waals surface area contributed by atoms with E-state index in [-0.39, 0.29) is 0 Å². The van der Waals surface area contributed by atoms with Crippen LogP contribution in [0.1, 0.15) is 0 Å². The van der Waals surface area contributed by atoms with E-state index < -0.39 is 7.14 Å². The molecule has 7 rings (SSSR count). The molecule has 46 heavy (non-hydrogen) atoms. The van der Waals surface area contributed by atoms with Gasteiger partial charge in [-0.25, -0.2) is 9.97 Å². The number of anilines is 6. The molecule has 5 nitrogen and oxygen atoms in total. The maximum absolute atomic E-state index is 15.8. The van der Waals surface area contributed by atoms with Crippen LogP contribution in [0.25, 0.3) is 0 Å². The van der Waals surface area contributed by atoms with Crippen molar-refractivity contribution in [1.82, 2.24) is 9.97 Å². The van der Waals surface area contributed by atoms with Gasteiger partial charge in [0, 0.05) is 28.1 Å². The number of rotatable bonds is 9. The van der Waals surface area contributed by atoms with Crippen molar-refractivity contribution in [2.45, 2.75) is 0 Å². The molecule has 6 heteroatoms. The molecule has 0 N–H and O–H groups in total. The molecule has 7 aromatic rings. The predicted molar refractivity (Wildman–Crippen MR) is 191 cm³/mol. The van der Waals surface area contributed by atoms with E-state index in [0.717, 1.165) is 22.7 Å². The van der Waals surface area contributed by atoms with E-state index in [0.29, 0.717) is 27.8 Å². The average Bonchev–Trinajstić information content (AvgIpc) is 3.14. The summed E-state index contributed by atoms with van der Waals surface area (Å²) in [5, 5.41) is 0.668. The molecule has 0 bridgehead atoms. The molecule has 2 heterocycles. The van der Waals surface area contributed by atoms with E-state index in [1.54, 1.807) is 0 Å². The van der Waals surface area contributed by atoms with Crippen LogP contribution < -0.4 is 26.0 Å². The molecule has 222 valence electrons. The first-order valence-electron chi connectivity index (χ1n) is 15.1. The Morgan fingerprint density at radius 2 is 0.652 bits per heavy atom. The van der Waals surface area contributed by atoms with Gasteiger partial charge in [0.05, 0.1) is 0 Å². The zero-order chi connectivity index (χ0) is 31.2. The second kappa shape index (κ2) is 13.1. The van der Waals surface area contributed by atoms with Crippen LogP contribution in [0.2, 0.25) is 0 Å². The second-order valence-electron chi connectivity index (χ2n) is 10.7. The van der Waals surface area contributed by atoms with Gasteiger partial charge in [0.2, 0.25) is 7.14 Å². The van der Waals surface area contributed by atoms with Crippen LogP contribution >= 0.6 is 7.14 Å². The SMILES string of the molecule is O=P(c1ccccc1)(c1cccc(N(c2ccccc2)c2ccccc2)n1)c1cccc(N(c2ccccc2)c2ccccc2)n1. The van der Waals surface area contributed by atoms with Gasteiger partial charge in [-0.2, -0.15) is 0 Å². The normalized spacial score (nSPS) is 11.1. The van der Waals surface area contributed by atoms with Crippen molar-refractivity contribution < 1.29 is 4.57 Å². The zero-order valence-corrected chi connectivity index (χ0v) is 25.9. The first-order valence-corrected chi connectivity index (χ1v) is 16.8. The van der Waals surface area contributed by atoms with Crippen molar-refractivity contribution >= 4 is 57.7 Å². The smallest absolute Gasteiger partial charge is 0.206 e. The monoisotopic (exact) mass is 614 g/mol. The Labute approximate surface area is 269 Å². The maximum atomic E-state index is 15.8. The van der Waals surface area contributed by atoms with Crippen molar-refractivity contribution in [3.63, 3.8) is 0 Å². The Kier molecular flexibility index (Phi) is 8.23. The fraction of sp³-hybridized carbons (Fsp3) is 0. The Morgan fingerprint density at radius 1 is 0.348 bits per heavy atom. The molecule has 0 radical (unpaired) electrons. The summed E-state index contributed by atoms with van der Waals surface area (Å²) in [6, 6.07) is 61.4. The van der Waals surface area contributed by atoms with Crippen LogP contribution in [-0.4, -0.2) is 9.97 Å². The maximum Gasteiger partial charge on any atom is 0.206 e. The van der Waals surface area contributed by atoms with Gasteiger partial charge in [0.1, 0.15) is 22.5 Å². The lowest BCUT2D eigenvalue weighted by Gasteiger charge is -2.27. The number of aromatic nitrogens is 2. The summed E-state index contributed by atoms with van der Waals surface area (Å²) in [4.78, 5) is 14.5. The molecule has 0 spiro atoms. The minimum absolute atomic E-state index is 0.462. The highest BCUT2D eigenvalue weighted by molar-refractivity contribution is 7.84. The van der Waals surface area contributed by atoms with E-state index in [2.05, 4.69) is 9.80 Å². The Hall–Kier alpha value is -5.77. The van der Waals surface area contributed by atoms with Crippen LogP contribution in [0.3, 0.4) is 0 Å². The van der Waals surface area contributed by atoms with E-state index in [9.17, 15) is 0 Å². The van der Waals surface area contributed by atoms with E-state index in [1.165, 1.54) is 0 Å². The lowest BCUT2D eigenvalue weighted by Crippen LogP contribution is -2.30. The molecule has 0 aliphatic rings. The van der Waals surface area contributed by atoms with Gasteiger partial charge >= 0.3 is 0 Å². The molecular formula is C40H31N4OP. The zero-order valence-electron chi connectivity index (χ0n) is 25.0. The van der Waals surface area contributed by atoms with Crippen LogP contribution in [0, 0.1) is 0 Å². The largest absolute Gasteiger partial charge is 0.305 e. The number of hydrogen-bond donors (Lipinski definition) is 0. The minimum Gasteiger partial charge on any atom is -0.305 e. The van der Waals surface area contributed by atoms with Crippen molar-refractivity contribution in [3.8, 4) is 0 Å². The van der Waals surface area contributed by atoms with E-state index >= 15 is 4.57 Å². The molecule has 0 unspecified atom stereocenters. The summed E-state index contributed by atoms with van der Waals surface area (Å²) in [5.74, 6) is 1.33. The summed E-state index contributed by atoms with van der Waals surface area (Å²) in [5.41, 5.74) is 4.74. The van der Waals surface area contributed by atoms with Gasteiger partial charge in [-0.05, 0) is 72.8 Å². The van der Waals surface area contributed by atoms with Crippen LogP contribution in [-0.2, 0) is 4.57 Å². The van der Waals surface area contributed by atoms with Gasteiger partial charge in [0.15, 0.2) is 0 Å². The first-order chi connectivity index (χ1) is 22.7. The number of hydrogen-bond acceptors (Lipinski definition) is 5. The van der Waals surface area contributed by atoms with Crippen molar-refractivity contribution in [1.29, 1.82) is 0 Å². The molecule has 0 atom stereocenters. The van der Waals surface area contributed by atoms with Crippen molar-refractivity contribution in [2.75, 3.05) is 9.80 Å². The predicted octanol–water partition coefficient (Wildman–Crippen LogP) is 9.06. The molecule has 5 aromatic carbocycles. The van der Waals surface area contributed by atoms with Gasteiger partial charge in [-0.1, -0.05) is 115 Å². The van der Waals surface area contributed by atoms with Gasteiger partial charge < -0.3 is 4.57 Å². The van der Waals surface area contributed by atoms with E-state index in [1.807, 2.05) is 188 Å². The van der Waals surface area contributed by atoms with Crippen molar-refractivity contribution in [2.24, 2.45) is 0 Å². The average molecular weight is 615 g/mol. The van der Waals surface area contributed by atoms with Crippen LogP contribution in [0.15, 0.2) is 188 Å². The molecule has 0 fully saturated rings. The molecule has 0 saturated carbocycles. The molecule has 0 saturated heterocycles. The lowest BCUT2D eigenvalue weighted by atomic mass is 10.2. The second-order valence-corrected chi connectivity index (χ2v) is 13.3. The molecule has 2 aromatic heterocycles. The number of pyridine rings is 2. The summed E-state index contributed by atoms with van der Waals surface area (Å²) in [6.45, 7) is 0. The molecule has 0 aliphatic carbocycles. The highest BCUT2D eigenvalue weighted by Gasteiger charge is 2.34. The third-order valence-corrected chi connectivity index (χ3v) is 10.5. The van der Waals surface area contributed by atoms with Crippen LogP contribution in [0.4, 0.5) is 34.4 Å². The summed E-state index contributed by atoms with van der Waals surface area (Å²) in [6.07, 6.45) is 0. The molecule has 0 aliphatic heterocycles. The summed E-state index contributed by atoms with van der Waals surface area (Å²) < 4.78 is 15.8. The highest BCUT2D eigenvalue weighted by atomic mass is 31.2. The van der Waals surface area contributed by atoms with Crippen LogP contribution in [0.5, 0.6) is 0 Å². The Balaban J connectivity index is 1.41. The fourth-order valence-electron chi connectivity index (χ4n) is 5.58. The quantitative estimate of drug-likeness (QED) is 0.152. The number of para-hydroxylation sites is 4. The van der Waals surface area contributed by atoms with Gasteiger partial charge in [0.25, 0.3) is 0 Å². The topological polar surface area (TPSA) is 49.3 Å². The van der Waals surface area contributed by atoms with Gasteiger partial charge in [-0.3, -0.25) is 9.80 Å². The molecular weight excluding hydrogens is 583 g/mol. The number of benzene rings is 5. The van der Waals surface area contributed by atoms with E-state index in [4.69, 9.17) is 9.97 Å². The highest BCUT2D eigenvalue weighted by Crippen LogP contribution is 2.43. The summed E-state index contributed by atoms with van der Waals surface area (Å²) in [7, 11) is -3.55. The van der Waals surface area contributed by atoms with Crippen molar-refractivity contribution in [3.05, 3.63) is 188 Å². The third-order valence-electron chi connectivity index (χ3n) is 7.72. The third kappa shape index (κ3) is 5.72. The number of nitrogens with zero attached hydrogens (tertiary/aromatic N) is 4. The summed E-state index contributed by atoms with van der Waals surface area (Å²) >= 11 is 0. The standard InChI is InChI=1S/C40H31N4OP/c45-46(36-26-14-5-15-27-36,39-30-16-28-37(41-39)43(32-18-6-1-7-19-32)33-20-8-2-9-21-33)40-31-17-29-38(42-40)44(34-22-10-3-11-23-34)35-24-12-4-13-25-35/h1-31H.